The molecule has 1 saturated carbocycles. The van der Waals surface area contributed by atoms with E-state index in [4.69, 9.17) is 0 Å². The molecule has 3 nitrogen and oxygen atoms in total. The highest BCUT2D eigenvalue weighted by molar-refractivity contribution is 5.30. The molecule has 0 spiro atoms. The maximum atomic E-state index is 12.7. The lowest BCUT2D eigenvalue weighted by Crippen LogP contribution is -2.36. The quantitative estimate of drug-likeness (QED) is 0.919. The zero-order chi connectivity index (χ0) is 16.3. The number of aromatic nitrogens is 2. The van der Waals surface area contributed by atoms with Gasteiger partial charge in [0.2, 0.25) is 0 Å². The van der Waals surface area contributed by atoms with Crippen LogP contribution >= 0.6 is 0 Å². The second-order valence-electron chi connectivity index (χ2n) is 6.10. The van der Waals surface area contributed by atoms with Crippen LogP contribution in [0.5, 0.6) is 0 Å². The van der Waals surface area contributed by atoms with Gasteiger partial charge in [0.15, 0.2) is 0 Å². The fraction of sp³-hybridized carbons (Fsp3) is 0.471. The summed E-state index contributed by atoms with van der Waals surface area (Å²) in [6, 6.07) is 9.97. The lowest BCUT2D eigenvalue weighted by molar-refractivity contribution is -0.182. The molecule has 0 atom stereocenters. The molecule has 1 aliphatic rings. The van der Waals surface area contributed by atoms with Crippen molar-refractivity contribution in [1.82, 2.24) is 15.1 Å². The molecule has 0 saturated heterocycles. The minimum absolute atomic E-state index is 0.161. The summed E-state index contributed by atoms with van der Waals surface area (Å²) in [4.78, 5) is 0. The monoisotopic (exact) mass is 323 g/mol. The summed E-state index contributed by atoms with van der Waals surface area (Å²) in [5.74, 6) is -1.12. The number of hydrogen-bond donors (Lipinski definition) is 1. The molecule has 0 bridgehead atoms. The van der Waals surface area contributed by atoms with Crippen LogP contribution < -0.4 is 5.32 Å². The number of halogens is 3. The van der Waals surface area contributed by atoms with E-state index in [1.807, 2.05) is 36.5 Å². The van der Waals surface area contributed by atoms with Gasteiger partial charge in [0.25, 0.3) is 0 Å². The maximum absolute atomic E-state index is 12.7. The van der Waals surface area contributed by atoms with Crippen LogP contribution in [0.3, 0.4) is 0 Å². The highest BCUT2D eigenvalue weighted by atomic mass is 19.4. The Bertz CT molecular complexity index is 614. The van der Waals surface area contributed by atoms with E-state index >= 15 is 0 Å². The molecule has 0 radical (unpaired) electrons. The van der Waals surface area contributed by atoms with Crippen molar-refractivity contribution in [1.29, 1.82) is 0 Å². The van der Waals surface area contributed by atoms with Crippen LogP contribution in [0.1, 0.15) is 31.2 Å². The van der Waals surface area contributed by atoms with Crippen molar-refractivity contribution in [2.45, 2.75) is 44.4 Å². The van der Waals surface area contributed by atoms with Gasteiger partial charge in [0.05, 0.1) is 17.8 Å². The van der Waals surface area contributed by atoms with Crippen LogP contribution in [0.4, 0.5) is 13.2 Å². The average molecular weight is 323 g/mol. The average Bonchev–Trinajstić information content (AvgIpc) is 3.02. The van der Waals surface area contributed by atoms with Crippen LogP contribution in [0.2, 0.25) is 0 Å². The van der Waals surface area contributed by atoms with Crippen molar-refractivity contribution in [3.8, 4) is 5.69 Å². The first kappa shape index (κ1) is 16.1. The van der Waals surface area contributed by atoms with Gasteiger partial charge in [-0.05, 0) is 37.8 Å². The third-order valence-corrected chi connectivity index (χ3v) is 4.44. The molecular formula is C17H20F3N3. The van der Waals surface area contributed by atoms with Gasteiger partial charge in [-0.25, -0.2) is 4.68 Å². The third kappa shape index (κ3) is 4.13. The molecule has 1 N–H and O–H groups in total. The number of benzene rings is 1. The largest absolute Gasteiger partial charge is 0.391 e. The first-order chi connectivity index (χ1) is 11.0. The van der Waals surface area contributed by atoms with Crippen LogP contribution in [0.25, 0.3) is 5.69 Å². The predicted octanol–water partition coefficient (Wildman–Crippen LogP) is 4.08. The van der Waals surface area contributed by atoms with Gasteiger partial charge in [-0.3, -0.25) is 0 Å². The smallest absolute Gasteiger partial charge is 0.310 e. The Morgan fingerprint density at radius 1 is 1.09 bits per heavy atom. The number of alkyl halides is 3. The topological polar surface area (TPSA) is 29.9 Å². The number of para-hydroxylation sites is 1. The first-order valence-electron chi connectivity index (χ1n) is 7.91. The van der Waals surface area contributed by atoms with Crippen molar-refractivity contribution >= 4 is 0 Å². The standard InChI is InChI=1S/C17H20F3N3/c18-17(19,20)14-6-8-15(9-7-14)21-10-13-11-22-23(12-13)16-4-2-1-3-5-16/h1-5,11-12,14-15,21H,6-10H2. The third-order valence-electron chi connectivity index (χ3n) is 4.44. The highest BCUT2D eigenvalue weighted by Crippen LogP contribution is 2.37. The Morgan fingerprint density at radius 3 is 2.43 bits per heavy atom. The fourth-order valence-corrected chi connectivity index (χ4v) is 3.06. The lowest BCUT2D eigenvalue weighted by atomic mass is 9.85. The summed E-state index contributed by atoms with van der Waals surface area (Å²) in [7, 11) is 0. The van der Waals surface area contributed by atoms with Gasteiger partial charge in [-0.1, -0.05) is 18.2 Å². The molecule has 23 heavy (non-hydrogen) atoms. The molecule has 6 heteroatoms. The van der Waals surface area contributed by atoms with E-state index in [2.05, 4.69) is 10.4 Å². The Balaban J connectivity index is 1.50. The van der Waals surface area contributed by atoms with E-state index in [1.165, 1.54) is 0 Å². The Morgan fingerprint density at radius 2 is 1.78 bits per heavy atom. The molecule has 0 amide bonds. The molecular weight excluding hydrogens is 303 g/mol. The van der Waals surface area contributed by atoms with E-state index in [0.717, 1.165) is 11.3 Å². The zero-order valence-electron chi connectivity index (χ0n) is 12.8. The van der Waals surface area contributed by atoms with Gasteiger partial charge in [0, 0.05) is 24.3 Å². The van der Waals surface area contributed by atoms with E-state index in [1.54, 1.807) is 10.9 Å². The molecule has 0 aliphatic heterocycles. The van der Waals surface area contributed by atoms with Crippen molar-refractivity contribution in [3.63, 3.8) is 0 Å². The van der Waals surface area contributed by atoms with Gasteiger partial charge in [0.1, 0.15) is 0 Å². The van der Waals surface area contributed by atoms with Crippen molar-refractivity contribution in [3.05, 3.63) is 48.3 Å². The first-order valence-corrected chi connectivity index (χ1v) is 7.91. The van der Waals surface area contributed by atoms with Crippen LogP contribution in [-0.2, 0) is 6.54 Å². The van der Waals surface area contributed by atoms with Crippen molar-refractivity contribution < 1.29 is 13.2 Å². The van der Waals surface area contributed by atoms with Gasteiger partial charge < -0.3 is 5.32 Å². The molecule has 0 unspecified atom stereocenters. The summed E-state index contributed by atoms with van der Waals surface area (Å²) in [5.41, 5.74) is 2.02. The molecule has 1 heterocycles. The predicted molar refractivity (Wildman–Crippen MR) is 82.2 cm³/mol. The van der Waals surface area contributed by atoms with Crippen LogP contribution in [-0.4, -0.2) is 22.0 Å². The number of hydrogen-bond acceptors (Lipinski definition) is 2. The normalized spacial score (nSPS) is 22.2. The van der Waals surface area contributed by atoms with Gasteiger partial charge in [-0.15, -0.1) is 0 Å². The molecule has 3 rings (SSSR count). The minimum Gasteiger partial charge on any atom is -0.310 e. The Hall–Kier alpha value is -1.82. The van der Waals surface area contributed by atoms with Crippen molar-refractivity contribution in [2.24, 2.45) is 5.92 Å². The van der Waals surface area contributed by atoms with Gasteiger partial charge in [-0.2, -0.15) is 18.3 Å². The molecule has 2 aromatic rings. The summed E-state index contributed by atoms with van der Waals surface area (Å²) >= 11 is 0. The lowest BCUT2D eigenvalue weighted by Gasteiger charge is -2.30. The van der Waals surface area contributed by atoms with Crippen LogP contribution in [0.15, 0.2) is 42.7 Å². The molecule has 1 aromatic heterocycles. The second kappa shape index (κ2) is 6.74. The number of rotatable bonds is 4. The number of nitrogens with one attached hydrogen (secondary N) is 1. The summed E-state index contributed by atoms with van der Waals surface area (Å²) < 4.78 is 39.8. The van der Waals surface area contributed by atoms with E-state index in [0.29, 0.717) is 19.4 Å². The SMILES string of the molecule is FC(F)(F)C1CCC(NCc2cnn(-c3ccccc3)c2)CC1. The molecule has 1 aromatic carbocycles. The van der Waals surface area contributed by atoms with Crippen LogP contribution in [0, 0.1) is 5.92 Å². The molecule has 124 valence electrons. The summed E-state index contributed by atoms with van der Waals surface area (Å²) in [5, 5.41) is 7.68. The highest BCUT2D eigenvalue weighted by Gasteiger charge is 2.41. The van der Waals surface area contributed by atoms with E-state index < -0.39 is 12.1 Å². The van der Waals surface area contributed by atoms with E-state index in [-0.39, 0.29) is 18.9 Å². The summed E-state index contributed by atoms with van der Waals surface area (Å²) in [6.07, 6.45) is 1.32. The second-order valence-corrected chi connectivity index (χ2v) is 6.10. The Kier molecular flexibility index (Phi) is 4.71. The fourth-order valence-electron chi connectivity index (χ4n) is 3.06. The van der Waals surface area contributed by atoms with Gasteiger partial charge >= 0.3 is 6.18 Å². The van der Waals surface area contributed by atoms with E-state index in [9.17, 15) is 13.2 Å². The minimum atomic E-state index is -4.04. The summed E-state index contributed by atoms with van der Waals surface area (Å²) in [6.45, 7) is 0.633. The van der Waals surface area contributed by atoms with Crippen molar-refractivity contribution in [2.75, 3.05) is 0 Å². The molecule has 1 aliphatic carbocycles. The number of nitrogens with zero attached hydrogens (tertiary/aromatic N) is 2. The zero-order valence-corrected chi connectivity index (χ0v) is 12.8. The molecule has 1 fully saturated rings. The maximum Gasteiger partial charge on any atom is 0.391 e. The Labute approximate surface area is 133 Å².